The van der Waals surface area contributed by atoms with Gasteiger partial charge in [-0.25, -0.2) is 0 Å². The molecule has 0 amide bonds. The van der Waals surface area contributed by atoms with Crippen molar-refractivity contribution in [3.63, 3.8) is 0 Å². The van der Waals surface area contributed by atoms with Crippen LogP contribution in [0.4, 0.5) is 0 Å². The lowest BCUT2D eigenvalue weighted by Crippen LogP contribution is -2.12. The van der Waals surface area contributed by atoms with Crippen molar-refractivity contribution in [3.8, 4) is 28.4 Å². The van der Waals surface area contributed by atoms with Crippen molar-refractivity contribution in [2.24, 2.45) is 0 Å². The van der Waals surface area contributed by atoms with E-state index in [0.717, 1.165) is 10.2 Å². The number of hydrogen-bond donors (Lipinski definition) is 3. The van der Waals surface area contributed by atoms with E-state index in [-0.39, 0.29) is 17.3 Å². The maximum atomic E-state index is 12.3. The number of aromatic nitrogens is 4. The summed E-state index contributed by atoms with van der Waals surface area (Å²) < 4.78 is 0.890. The van der Waals surface area contributed by atoms with Gasteiger partial charge in [-0.2, -0.15) is 10.1 Å². The Morgan fingerprint density at radius 1 is 1.24 bits per heavy atom. The first kappa shape index (κ1) is 13.6. The van der Waals surface area contributed by atoms with E-state index in [2.05, 4.69) is 36.1 Å². The van der Waals surface area contributed by atoms with Crippen LogP contribution in [0.15, 0.2) is 39.7 Å². The SMILES string of the molecule is Cc1[nH]ncc1-c1nc(O)c(-c2ccc(Br)cc2)c(=O)[nH]1. The number of hydrogen-bond acceptors (Lipinski definition) is 4. The number of halogens is 1. The highest BCUT2D eigenvalue weighted by atomic mass is 79.9. The number of aromatic amines is 2. The van der Waals surface area contributed by atoms with E-state index >= 15 is 0 Å². The molecule has 1 aromatic carbocycles. The molecular formula is C14H11BrN4O2. The smallest absolute Gasteiger partial charge is 0.262 e. The highest BCUT2D eigenvalue weighted by Gasteiger charge is 2.15. The third-order valence-electron chi connectivity index (χ3n) is 3.12. The van der Waals surface area contributed by atoms with Gasteiger partial charge in [-0.1, -0.05) is 28.1 Å². The molecule has 2 heterocycles. The van der Waals surface area contributed by atoms with Gasteiger partial charge in [0.1, 0.15) is 11.4 Å². The minimum Gasteiger partial charge on any atom is -0.493 e. The fourth-order valence-corrected chi connectivity index (χ4v) is 2.32. The predicted molar refractivity (Wildman–Crippen MR) is 82.0 cm³/mol. The first-order valence-electron chi connectivity index (χ1n) is 6.16. The van der Waals surface area contributed by atoms with Crippen LogP contribution in [0, 0.1) is 6.92 Å². The molecule has 0 fully saturated rings. The summed E-state index contributed by atoms with van der Waals surface area (Å²) in [5.74, 6) is -0.0266. The van der Waals surface area contributed by atoms with Crippen molar-refractivity contribution in [2.75, 3.05) is 0 Å². The highest BCUT2D eigenvalue weighted by Crippen LogP contribution is 2.27. The van der Waals surface area contributed by atoms with Crippen molar-refractivity contribution in [1.82, 2.24) is 20.2 Å². The molecule has 0 unspecified atom stereocenters. The summed E-state index contributed by atoms with van der Waals surface area (Å²) in [4.78, 5) is 19.0. The average molecular weight is 347 g/mol. The van der Waals surface area contributed by atoms with E-state index in [1.54, 1.807) is 30.5 Å². The molecule has 0 bridgehead atoms. The van der Waals surface area contributed by atoms with E-state index in [1.165, 1.54) is 0 Å². The molecular weight excluding hydrogens is 336 g/mol. The molecule has 0 radical (unpaired) electrons. The van der Waals surface area contributed by atoms with Crippen molar-refractivity contribution in [2.45, 2.75) is 6.92 Å². The highest BCUT2D eigenvalue weighted by molar-refractivity contribution is 9.10. The van der Waals surface area contributed by atoms with Gasteiger partial charge in [0, 0.05) is 10.2 Å². The fraction of sp³-hybridized carbons (Fsp3) is 0.0714. The van der Waals surface area contributed by atoms with E-state index < -0.39 is 5.56 Å². The van der Waals surface area contributed by atoms with Crippen LogP contribution < -0.4 is 5.56 Å². The lowest BCUT2D eigenvalue weighted by atomic mass is 10.1. The molecule has 0 aliphatic heterocycles. The molecule has 6 nitrogen and oxygen atoms in total. The van der Waals surface area contributed by atoms with Crippen molar-refractivity contribution in [1.29, 1.82) is 0 Å². The first-order chi connectivity index (χ1) is 10.1. The Morgan fingerprint density at radius 2 is 1.95 bits per heavy atom. The van der Waals surface area contributed by atoms with E-state index in [4.69, 9.17) is 0 Å². The molecule has 3 aromatic rings. The van der Waals surface area contributed by atoms with E-state index in [9.17, 15) is 9.90 Å². The summed E-state index contributed by atoms with van der Waals surface area (Å²) >= 11 is 3.33. The van der Waals surface area contributed by atoms with Crippen LogP contribution in [0.25, 0.3) is 22.5 Å². The molecule has 0 aliphatic carbocycles. The van der Waals surface area contributed by atoms with Crippen LogP contribution in [0.5, 0.6) is 5.88 Å². The zero-order chi connectivity index (χ0) is 15.0. The average Bonchev–Trinajstić information content (AvgIpc) is 2.86. The van der Waals surface area contributed by atoms with Crippen molar-refractivity contribution >= 4 is 15.9 Å². The standard InChI is InChI=1S/C14H11BrN4O2/c1-7-10(6-16-19-7)12-17-13(20)11(14(21)18-12)8-2-4-9(15)5-3-8/h2-6H,1H3,(H,16,19)(H2,17,18,20,21). The van der Waals surface area contributed by atoms with Gasteiger partial charge in [0.25, 0.3) is 5.56 Å². The summed E-state index contributed by atoms with van der Waals surface area (Å²) in [5, 5.41) is 16.7. The summed E-state index contributed by atoms with van der Waals surface area (Å²) in [6.45, 7) is 1.81. The van der Waals surface area contributed by atoms with Gasteiger partial charge >= 0.3 is 0 Å². The maximum Gasteiger partial charge on any atom is 0.262 e. The number of benzene rings is 1. The molecule has 0 spiro atoms. The van der Waals surface area contributed by atoms with Gasteiger partial charge < -0.3 is 10.1 Å². The van der Waals surface area contributed by atoms with Gasteiger partial charge in [0.15, 0.2) is 0 Å². The second-order valence-electron chi connectivity index (χ2n) is 4.53. The molecule has 0 aliphatic rings. The molecule has 2 aromatic heterocycles. The van der Waals surface area contributed by atoms with Gasteiger partial charge in [-0.3, -0.25) is 9.89 Å². The minimum absolute atomic E-state index is 0.146. The summed E-state index contributed by atoms with van der Waals surface area (Å²) in [7, 11) is 0. The minimum atomic E-state index is -0.402. The van der Waals surface area contributed by atoms with Crippen LogP contribution in [0.2, 0.25) is 0 Å². The molecule has 0 atom stereocenters. The molecule has 0 saturated heterocycles. The topological polar surface area (TPSA) is 94.7 Å². The Balaban J connectivity index is 2.15. The second kappa shape index (κ2) is 5.17. The second-order valence-corrected chi connectivity index (χ2v) is 5.44. The number of nitrogens with one attached hydrogen (secondary N) is 2. The third-order valence-corrected chi connectivity index (χ3v) is 3.65. The van der Waals surface area contributed by atoms with Gasteiger partial charge in [0.2, 0.25) is 5.88 Å². The number of nitrogens with zero attached hydrogens (tertiary/aromatic N) is 2. The van der Waals surface area contributed by atoms with Gasteiger partial charge in [-0.15, -0.1) is 0 Å². The van der Waals surface area contributed by atoms with Gasteiger partial charge in [0.05, 0.1) is 11.8 Å². The van der Waals surface area contributed by atoms with Gasteiger partial charge in [-0.05, 0) is 24.6 Å². The van der Waals surface area contributed by atoms with Crippen LogP contribution in [0.1, 0.15) is 5.69 Å². The Labute approximate surface area is 128 Å². The normalized spacial score (nSPS) is 10.8. The van der Waals surface area contributed by atoms with Crippen LogP contribution in [-0.2, 0) is 0 Å². The van der Waals surface area contributed by atoms with Crippen LogP contribution in [-0.4, -0.2) is 25.3 Å². The number of aryl methyl sites for hydroxylation is 1. The van der Waals surface area contributed by atoms with Crippen molar-refractivity contribution in [3.05, 3.63) is 51.0 Å². The lowest BCUT2D eigenvalue weighted by Gasteiger charge is -2.06. The van der Waals surface area contributed by atoms with Crippen LogP contribution >= 0.6 is 15.9 Å². The molecule has 3 N–H and O–H groups in total. The third kappa shape index (κ3) is 2.47. The molecule has 7 heteroatoms. The maximum absolute atomic E-state index is 12.3. The van der Waals surface area contributed by atoms with E-state index in [1.807, 2.05) is 6.92 Å². The summed E-state index contributed by atoms with van der Waals surface area (Å²) in [5.41, 5.74) is 1.74. The fourth-order valence-electron chi connectivity index (χ4n) is 2.06. The predicted octanol–water partition coefficient (Wildman–Crippen LogP) is 2.60. The summed E-state index contributed by atoms with van der Waals surface area (Å²) in [6.07, 6.45) is 1.55. The molecule has 106 valence electrons. The molecule has 3 rings (SSSR count). The Kier molecular flexibility index (Phi) is 3.34. The van der Waals surface area contributed by atoms with Crippen molar-refractivity contribution < 1.29 is 5.11 Å². The number of rotatable bonds is 2. The Hall–Kier alpha value is -2.41. The van der Waals surface area contributed by atoms with Crippen LogP contribution in [0.3, 0.4) is 0 Å². The molecule has 0 saturated carbocycles. The van der Waals surface area contributed by atoms with E-state index in [0.29, 0.717) is 11.1 Å². The zero-order valence-corrected chi connectivity index (χ0v) is 12.6. The first-order valence-corrected chi connectivity index (χ1v) is 6.95. The number of aromatic hydroxyl groups is 1. The monoisotopic (exact) mass is 346 g/mol. The quantitative estimate of drug-likeness (QED) is 0.664. The number of H-pyrrole nitrogens is 2. The lowest BCUT2D eigenvalue weighted by molar-refractivity contribution is 0.454. The Bertz CT molecular complexity index is 852. The Morgan fingerprint density at radius 3 is 2.52 bits per heavy atom. The zero-order valence-electron chi connectivity index (χ0n) is 11.0. The molecule has 21 heavy (non-hydrogen) atoms. The largest absolute Gasteiger partial charge is 0.493 e. The summed E-state index contributed by atoms with van der Waals surface area (Å²) in [6, 6.07) is 7.06.